The molecule has 0 aromatic heterocycles. The average molecular weight is 542 g/mol. The Morgan fingerprint density at radius 1 is 1.00 bits per heavy atom. The summed E-state index contributed by atoms with van der Waals surface area (Å²) in [4.78, 5) is 39.4. The number of ether oxygens (including phenoxy) is 2. The lowest BCUT2D eigenvalue weighted by Crippen LogP contribution is -2.29. The Morgan fingerprint density at radius 2 is 1.65 bits per heavy atom. The van der Waals surface area contributed by atoms with Crippen molar-refractivity contribution in [3.8, 4) is 11.5 Å². The third kappa shape index (κ3) is 4.98. The summed E-state index contributed by atoms with van der Waals surface area (Å²) in [7, 11) is 2.67. The second-order valence-electron chi connectivity index (χ2n) is 8.16. The number of rotatable bonds is 6. The number of halogens is 2. The third-order valence-corrected chi connectivity index (χ3v) is 6.46. The maximum absolute atomic E-state index is 13.3. The summed E-state index contributed by atoms with van der Waals surface area (Å²) in [6, 6.07) is 14.1. The van der Waals surface area contributed by atoms with Gasteiger partial charge < -0.3 is 19.7 Å². The lowest BCUT2D eigenvalue weighted by molar-refractivity contribution is -0.139. The summed E-state index contributed by atoms with van der Waals surface area (Å²) < 4.78 is 9.83. The third-order valence-electron chi connectivity index (χ3n) is 5.90. The molecular formula is C27H21Cl2NO7. The van der Waals surface area contributed by atoms with Crippen LogP contribution < -0.4 is 9.64 Å². The lowest BCUT2D eigenvalue weighted by atomic mass is 9.95. The number of phenols is 1. The van der Waals surface area contributed by atoms with Crippen LogP contribution in [0.25, 0.3) is 5.76 Å². The average Bonchev–Trinajstić information content (AvgIpc) is 3.14. The predicted octanol–water partition coefficient (Wildman–Crippen LogP) is 5.05. The number of carbonyl (C=O) groups excluding carboxylic acids is 3. The van der Waals surface area contributed by atoms with Gasteiger partial charge >= 0.3 is 5.97 Å². The van der Waals surface area contributed by atoms with Crippen LogP contribution in [-0.2, 0) is 25.5 Å². The lowest BCUT2D eigenvalue weighted by Gasteiger charge is -2.25. The number of hydrogen-bond acceptors (Lipinski definition) is 7. The Labute approximate surface area is 222 Å². The van der Waals surface area contributed by atoms with Gasteiger partial charge in [-0.05, 0) is 47.5 Å². The zero-order valence-corrected chi connectivity index (χ0v) is 21.2. The normalized spacial score (nSPS) is 16.6. The Hall–Kier alpha value is -4.01. The van der Waals surface area contributed by atoms with Crippen molar-refractivity contribution in [3.05, 3.63) is 93.0 Å². The van der Waals surface area contributed by atoms with E-state index in [4.69, 9.17) is 27.9 Å². The van der Waals surface area contributed by atoms with Crippen molar-refractivity contribution < 1.29 is 34.1 Å². The monoisotopic (exact) mass is 541 g/mol. The molecule has 2 N–H and O–H groups in total. The van der Waals surface area contributed by atoms with E-state index in [2.05, 4.69) is 4.74 Å². The van der Waals surface area contributed by atoms with E-state index in [1.54, 1.807) is 36.4 Å². The van der Waals surface area contributed by atoms with Crippen molar-refractivity contribution in [2.45, 2.75) is 12.5 Å². The molecule has 8 nitrogen and oxygen atoms in total. The predicted molar refractivity (Wildman–Crippen MR) is 138 cm³/mol. The van der Waals surface area contributed by atoms with Crippen LogP contribution in [0.1, 0.15) is 22.7 Å². The van der Waals surface area contributed by atoms with E-state index in [1.165, 1.54) is 43.4 Å². The second kappa shape index (κ2) is 10.5. The van der Waals surface area contributed by atoms with Crippen LogP contribution in [0.4, 0.5) is 5.69 Å². The summed E-state index contributed by atoms with van der Waals surface area (Å²) in [5.41, 5.74) is 1.25. The molecule has 1 saturated heterocycles. The molecule has 0 aliphatic carbocycles. The highest BCUT2D eigenvalue weighted by Crippen LogP contribution is 2.44. The molecule has 4 rings (SSSR count). The molecule has 190 valence electrons. The van der Waals surface area contributed by atoms with Crippen LogP contribution in [-0.4, -0.2) is 42.1 Å². The molecule has 1 aliphatic heterocycles. The molecule has 1 unspecified atom stereocenters. The molecule has 3 aromatic carbocycles. The van der Waals surface area contributed by atoms with E-state index in [0.717, 1.165) is 0 Å². The molecule has 1 heterocycles. The first-order valence-electron chi connectivity index (χ1n) is 10.9. The van der Waals surface area contributed by atoms with E-state index in [0.29, 0.717) is 16.8 Å². The molecule has 10 heteroatoms. The van der Waals surface area contributed by atoms with Crippen molar-refractivity contribution in [3.63, 3.8) is 0 Å². The molecule has 1 fully saturated rings. The number of aliphatic hydroxyl groups is 1. The van der Waals surface area contributed by atoms with E-state index in [9.17, 15) is 24.6 Å². The minimum atomic E-state index is -1.08. The summed E-state index contributed by atoms with van der Waals surface area (Å²) in [5.74, 6) is -2.65. The highest BCUT2D eigenvalue weighted by Gasteiger charge is 2.47. The van der Waals surface area contributed by atoms with Crippen LogP contribution in [0.3, 0.4) is 0 Å². The molecule has 0 saturated carbocycles. The minimum Gasteiger partial charge on any atom is -0.508 e. The number of anilines is 1. The largest absolute Gasteiger partial charge is 0.508 e. The van der Waals surface area contributed by atoms with Crippen LogP contribution in [0.2, 0.25) is 10.0 Å². The molecule has 0 radical (unpaired) electrons. The molecule has 37 heavy (non-hydrogen) atoms. The molecule has 1 amide bonds. The minimum absolute atomic E-state index is 0.0323. The molecule has 0 bridgehead atoms. The van der Waals surface area contributed by atoms with Gasteiger partial charge in [-0.3, -0.25) is 19.3 Å². The van der Waals surface area contributed by atoms with Gasteiger partial charge in [0.1, 0.15) is 11.5 Å². The van der Waals surface area contributed by atoms with Crippen molar-refractivity contribution in [1.29, 1.82) is 0 Å². The molecular weight excluding hydrogens is 521 g/mol. The summed E-state index contributed by atoms with van der Waals surface area (Å²) >= 11 is 12.5. The van der Waals surface area contributed by atoms with Crippen LogP contribution in [0.5, 0.6) is 11.5 Å². The van der Waals surface area contributed by atoms with Gasteiger partial charge in [0.25, 0.3) is 11.7 Å². The first-order chi connectivity index (χ1) is 17.7. The SMILES string of the molecule is COC(=O)Cc1ccc(N2C(=O)C(=O)/C(=C(/O)c3cc(Cl)c(OC)c(Cl)c3)C2c2cccc(O)c2)cc1. The Bertz CT molecular complexity index is 1410. The molecule has 0 spiro atoms. The molecule has 3 aromatic rings. The van der Waals surface area contributed by atoms with Crippen molar-refractivity contribution in [2.75, 3.05) is 19.1 Å². The standard InChI is InChI=1S/C27H21Cl2NO7/c1-36-21(32)10-14-6-8-17(9-7-14)30-23(15-4-3-5-18(31)11-15)22(25(34)27(30)35)24(33)16-12-19(28)26(37-2)20(29)13-16/h3-9,11-13,23,31,33H,10H2,1-2H3/b24-22+. The van der Waals surface area contributed by atoms with Gasteiger partial charge in [-0.15, -0.1) is 0 Å². The van der Waals surface area contributed by atoms with Crippen molar-refractivity contribution in [1.82, 2.24) is 0 Å². The van der Waals surface area contributed by atoms with E-state index in [1.807, 2.05) is 0 Å². The number of Topliss-reactive ketones (excluding diaryl/α,β-unsaturated/α-hetero) is 1. The molecule has 1 aliphatic rings. The smallest absolute Gasteiger partial charge is 0.309 e. The second-order valence-corrected chi connectivity index (χ2v) is 8.97. The first kappa shape index (κ1) is 26.1. The van der Waals surface area contributed by atoms with Crippen LogP contribution in [0.15, 0.2) is 66.2 Å². The number of aliphatic hydroxyl groups excluding tert-OH is 1. The number of hydrogen-bond donors (Lipinski definition) is 2. The Morgan fingerprint density at radius 3 is 2.22 bits per heavy atom. The fourth-order valence-corrected chi connectivity index (χ4v) is 4.81. The Balaban J connectivity index is 1.88. The zero-order valence-electron chi connectivity index (χ0n) is 19.7. The van der Waals surface area contributed by atoms with Gasteiger partial charge in [-0.1, -0.05) is 47.5 Å². The summed E-state index contributed by atoms with van der Waals surface area (Å²) in [6.45, 7) is 0. The van der Waals surface area contributed by atoms with E-state index in [-0.39, 0.29) is 39.1 Å². The number of aromatic hydroxyl groups is 1. The highest BCUT2D eigenvalue weighted by atomic mass is 35.5. The number of nitrogens with zero attached hydrogens (tertiary/aromatic N) is 1. The Kier molecular flexibility index (Phi) is 7.42. The quantitative estimate of drug-likeness (QED) is 0.194. The number of amides is 1. The fourth-order valence-electron chi connectivity index (χ4n) is 4.17. The van der Waals surface area contributed by atoms with E-state index < -0.39 is 29.5 Å². The maximum Gasteiger partial charge on any atom is 0.309 e. The summed E-state index contributed by atoms with van der Waals surface area (Å²) in [6.07, 6.45) is 0.0323. The zero-order chi connectivity index (χ0) is 26.9. The number of benzene rings is 3. The fraction of sp³-hybridized carbons (Fsp3) is 0.148. The van der Waals surface area contributed by atoms with Gasteiger partial charge in [0.05, 0.1) is 42.3 Å². The van der Waals surface area contributed by atoms with Crippen LogP contribution >= 0.6 is 23.2 Å². The van der Waals surface area contributed by atoms with Gasteiger partial charge in [0, 0.05) is 11.3 Å². The number of ketones is 1. The van der Waals surface area contributed by atoms with Crippen LogP contribution in [0, 0.1) is 0 Å². The number of carbonyl (C=O) groups is 3. The van der Waals surface area contributed by atoms with Gasteiger partial charge in [0.15, 0.2) is 5.75 Å². The van der Waals surface area contributed by atoms with Crippen molar-refractivity contribution in [2.24, 2.45) is 0 Å². The number of phenolic OH excluding ortho intramolecular Hbond substituents is 1. The number of methoxy groups -OCH3 is 2. The van der Waals surface area contributed by atoms with E-state index >= 15 is 0 Å². The van der Waals surface area contributed by atoms with Gasteiger partial charge in [-0.25, -0.2) is 0 Å². The van der Waals surface area contributed by atoms with Gasteiger partial charge in [-0.2, -0.15) is 0 Å². The van der Waals surface area contributed by atoms with Gasteiger partial charge in [0.2, 0.25) is 0 Å². The topological polar surface area (TPSA) is 113 Å². The number of esters is 1. The summed E-state index contributed by atoms with van der Waals surface area (Å²) in [5, 5.41) is 21.6. The first-order valence-corrected chi connectivity index (χ1v) is 11.7. The highest BCUT2D eigenvalue weighted by molar-refractivity contribution is 6.51. The maximum atomic E-state index is 13.3. The van der Waals surface area contributed by atoms with Crippen molar-refractivity contribution >= 4 is 52.3 Å². The molecule has 1 atom stereocenters.